The number of hydrogen-bond acceptors (Lipinski definition) is 4. The maximum absolute atomic E-state index is 14.5. The lowest BCUT2D eigenvalue weighted by Gasteiger charge is -2.14. The van der Waals surface area contributed by atoms with Crippen molar-refractivity contribution in [2.75, 3.05) is 6.61 Å². The highest BCUT2D eigenvalue weighted by Gasteiger charge is 2.20. The summed E-state index contributed by atoms with van der Waals surface area (Å²) in [6.45, 7) is 4.62. The summed E-state index contributed by atoms with van der Waals surface area (Å²) in [5, 5.41) is 0. The second kappa shape index (κ2) is 10.3. The number of benzene rings is 3. The van der Waals surface area contributed by atoms with E-state index in [0.29, 0.717) is 30.5 Å². The SMILES string of the molecule is CC(C)c1ccc(-n2c(=O)n(Cc3ccccc3F)c(=O)c3c2ncn3CCOc2ccccc2)cc1. The fraction of sp³-hybridized carbons (Fsp3) is 0.207. The molecule has 5 rings (SSSR count). The number of imidazole rings is 1. The summed E-state index contributed by atoms with van der Waals surface area (Å²) in [6, 6.07) is 23.1. The van der Waals surface area contributed by atoms with E-state index in [4.69, 9.17) is 4.74 Å². The summed E-state index contributed by atoms with van der Waals surface area (Å²) in [5.74, 6) is 0.558. The smallest absolute Gasteiger partial charge is 0.337 e. The van der Waals surface area contributed by atoms with Crippen LogP contribution in [0.1, 0.15) is 30.9 Å². The lowest BCUT2D eigenvalue weighted by molar-refractivity contribution is 0.300. The van der Waals surface area contributed by atoms with Crippen LogP contribution >= 0.6 is 0 Å². The van der Waals surface area contributed by atoms with E-state index in [9.17, 15) is 14.0 Å². The van der Waals surface area contributed by atoms with Crippen LogP contribution in [0.2, 0.25) is 0 Å². The summed E-state index contributed by atoms with van der Waals surface area (Å²) >= 11 is 0. The third-order valence-corrected chi connectivity index (χ3v) is 6.35. The third kappa shape index (κ3) is 4.82. The predicted octanol–water partition coefficient (Wildman–Crippen LogP) is 4.74. The Morgan fingerprint density at radius 3 is 2.32 bits per heavy atom. The minimum Gasteiger partial charge on any atom is -0.492 e. The van der Waals surface area contributed by atoms with Gasteiger partial charge in [-0.05, 0) is 41.8 Å². The van der Waals surface area contributed by atoms with Crippen molar-refractivity contribution in [3.8, 4) is 11.4 Å². The van der Waals surface area contributed by atoms with E-state index in [1.165, 1.54) is 17.0 Å². The zero-order chi connectivity index (χ0) is 25.9. The summed E-state index contributed by atoms with van der Waals surface area (Å²) in [4.78, 5) is 31.8. The molecular formula is C29H27FN4O3. The Hall–Kier alpha value is -4.46. The second-order valence-electron chi connectivity index (χ2n) is 9.12. The van der Waals surface area contributed by atoms with E-state index in [-0.39, 0.29) is 23.3 Å². The molecule has 0 aliphatic heterocycles. The molecule has 0 saturated heterocycles. The van der Waals surface area contributed by atoms with Crippen LogP contribution in [0.3, 0.4) is 0 Å². The molecule has 2 heterocycles. The molecule has 5 aromatic rings. The molecule has 188 valence electrons. The minimum atomic E-state index is -0.580. The first-order valence-corrected chi connectivity index (χ1v) is 12.2. The molecule has 0 unspecified atom stereocenters. The molecule has 0 radical (unpaired) electrons. The van der Waals surface area contributed by atoms with E-state index in [1.54, 1.807) is 22.8 Å². The highest BCUT2D eigenvalue weighted by atomic mass is 19.1. The first kappa shape index (κ1) is 24.2. The fourth-order valence-electron chi connectivity index (χ4n) is 4.31. The van der Waals surface area contributed by atoms with Crippen LogP contribution in [-0.4, -0.2) is 25.3 Å². The Balaban J connectivity index is 1.63. The molecule has 0 aliphatic rings. The standard InChI is InChI=1S/C29H27FN4O3/c1-20(2)21-12-14-23(15-13-21)34-27-26(32(19-31-27)16-17-37-24-9-4-3-5-10-24)28(35)33(29(34)36)18-22-8-6-7-11-25(22)30/h3-15,19-20H,16-18H2,1-2H3. The maximum atomic E-state index is 14.5. The average Bonchev–Trinajstić information content (AvgIpc) is 3.32. The molecule has 0 bridgehead atoms. The summed E-state index contributed by atoms with van der Waals surface area (Å²) in [6.07, 6.45) is 1.53. The molecule has 0 saturated carbocycles. The summed E-state index contributed by atoms with van der Waals surface area (Å²) in [7, 11) is 0. The van der Waals surface area contributed by atoms with Crippen LogP contribution in [0, 0.1) is 5.82 Å². The zero-order valence-corrected chi connectivity index (χ0v) is 20.7. The fourth-order valence-corrected chi connectivity index (χ4v) is 4.31. The average molecular weight is 499 g/mol. The second-order valence-corrected chi connectivity index (χ2v) is 9.12. The number of fused-ring (bicyclic) bond motifs is 1. The molecule has 0 spiro atoms. The maximum Gasteiger partial charge on any atom is 0.337 e. The molecule has 37 heavy (non-hydrogen) atoms. The Morgan fingerprint density at radius 2 is 1.62 bits per heavy atom. The van der Waals surface area contributed by atoms with Crippen molar-refractivity contribution in [1.29, 1.82) is 0 Å². The summed E-state index contributed by atoms with van der Waals surface area (Å²) < 4.78 is 24.4. The van der Waals surface area contributed by atoms with Crippen molar-refractivity contribution in [3.05, 3.63) is 123 Å². The quantitative estimate of drug-likeness (QED) is 0.310. The van der Waals surface area contributed by atoms with Crippen molar-refractivity contribution < 1.29 is 9.13 Å². The van der Waals surface area contributed by atoms with Gasteiger partial charge in [-0.25, -0.2) is 18.7 Å². The van der Waals surface area contributed by atoms with Crippen molar-refractivity contribution in [1.82, 2.24) is 18.7 Å². The van der Waals surface area contributed by atoms with Crippen LogP contribution in [-0.2, 0) is 13.1 Å². The van der Waals surface area contributed by atoms with Gasteiger partial charge in [0.2, 0.25) is 0 Å². The molecule has 3 aromatic carbocycles. The highest BCUT2D eigenvalue weighted by molar-refractivity contribution is 5.72. The third-order valence-electron chi connectivity index (χ3n) is 6.35. The van der Waals surface area contributed by atoms with E-state index in [1.807, 2.05) is 54.6 Å². The van der Waals surface area contributed by atoms with Crippen molar-refractivity contribution >= 4 is 11.2 Å². The number of para-hydroxylation sites is 1. The van der Waals surface area contributed by atoms with Gasteiger partial charge in [-0.3, -0.25) is 9.36 Å². The molecular weight excluding hydrogens is 471 g/mol. The Labute approximate surface area is 213 Å². The van der Waals surface area contributed by atoms with Gasteiger partial charge in [0.15, 0.2) is 11.2 Å². The zero-order valence-electron chi connectivity index (χ0n) is 20.7. The molecule has 0 amide bonds. The van der Waals surface area contributed by atoms with Crippen LogP contribution in [0.25, 0.3) is 16.9 Å². The Kier molecular flexibility index (Phi) is 6.72. The minimum absolute atomic E-state index is 0.198. The van der Waals surface area contributed by atoms with Crippen molar-refractivity contribution in [3.63, 3.8) is 0 Å². The largest absolute Gasteiger partial charge is 0.492 e. The molecule has 0 N–H and O–H groups in total. The normalized spacial score (nSPS) is 11.4. The van der Waals surface area contributed by atoms with Gasteiger partial charge >= 0.3 is 5.69 Å². The van der Waals surface area contributed by atoms with Crippen LogP contribution in [0.4, 0.5) is 4.39 Å². The number of ether oxygens (including phenoxy) is 1. The van der Waals surface area contributed by atoms with Crippen molar-refractivity contribution in [2.24, 2.45) is 0 Å². The first-order chi connectivity index (χ1) is 17.9. The number of halogens is 1. The molecule has 8 heteroatoms. The topological polar surface area (TPSA) is 71.0 Å². The molecule has 2 aromatic heterocycles. The monoisotopic (exact) mass is 498 g/mol. The Morgan fingerprint density at radius 1 is 0.919 bits per heavy atom. The van der Waals surface area contributed by atoms with E-state index >= 15 is 0 Å². The van der Waals surface area contributed by atoms with E-state index in [2.05, 4.69) is 18.8 Å². The number of hydrogen-bond donors (Lipinski definition) is 0. The summed E-state index contributed by atoms with van der Waals surface area (Å²) in [5.41, 5.74) is 1.33. The number of nitrogens with zero attached hydrogens (tertiary/aromatic N) is 4. The first-order valence-electron chi connectivity index (χ1n) is 12.2. The van der Waals surface area contributed by atoms with Crippen LogP contribution in [0.5, 0.6) is 5.75 Å². The van der Waals surface area contributed by atoms with Crippen LogP contribution < -0.4 is 16.0 Å². The van der Waals surface area contributed by atoms with Gasteiger partial charge in [0.05, 0.1) is 25.1 Å². The van der Waals surface area contributed by atoms with Gasteiger partial charge in [0, 0.05) is 5.56 Å². The van der Waals surface area contributed by atoms with Gasteiger partial charge in [0.25, 0.3) is 5.56 Å². The molecule has 0 aliphatic carbocycles. The van der Waals surface area contributed by atoms with Gasteiger partial charge in [-0.15, -0.1) is 0 Å². The lowest BCUT2D eigenvalue weighted by Crippen LogP contribution is -2.40. The van der Waals surface area contributed by atoms with Gasteiger partial charge in [0.1, 0.15) is 18.2 Å². The van der Waals surface area contributed by atoms with Gasteiger partial charge < -0.3 is 9.30 Å². The van der Waals surface area contributed by atoms with Crippen molar-refractivity contribution in [2.45, 2.75) is 32.9 Å². The molecule has 7 nitrogen and oxygen atoms in total. The van der Waals surface area contributed by atoms with E-state index in [0.717, 1.165) is 10.1 Å². The van der Waals surface area contributed by atoms with E-state index < -0.39 is 17.1 Å². The lowest BCUT2D eigenvalue weighted by atomic mass is 10.0. The van der Waals surface area contributed by atoms with Crippen LogP contribution in [0.15, 0.2) is 94.8 Å². The predicted molar refractivity (Wildman–Crippen MR) is 141 cm³/mol. The molecule has 0 fully saturated rings. The number of aromatic nitrogens is 4. The van der Waals surface area contributed by atoms with Gasteiger partial charge in [-0.2, -0.15) is 0 Å². The Bertz CT molecular complexity index is 1650. The highest BCUT2D eigenvalue weighted by Crippen LogP contribution is 2.19. The molecule has 0 atom stereocenters. The van der Waals surface area contributed by atoms with Gasteiger partial charge in [-0.1, -0.05) is 62.4 Å². The number of rotatable bonds is 8.